The maximum atomic E-state index is 9.72. The number of nitrogens with two attached hydrogens (primary N) is 1. The number of amides is 1. The molecule has 0 spiro atoms. The molecule has 5 heteroatoms. The minimum atomic E-state index is -0.630. The number of ether oxygens (including phenoxy) is 1. The first-order valence-electron chi connectivity index (χ1n) is 1.36. The molecular formula is C2H7ClN2O2. The maximum absolute atomic E-state index is 9.72. The van der Waals surface area contributed by atoms with Gasteiger partial charge in [-0.2, -0.15) is 0 Å². The number of rotatable bonds is 0. The number of hydrogen-bond acceptors (Lipinski definition) is 3. The Morgan fingerprint density at radius 3 is 2.29 bits per heavy atom. The molecule has 0 aromatic rings. The van der Waals surface area contributed by atoms with Gasteiger partial charge in [-0.05, 0) is 0 Å². The largest absolute Gasteiger partial charge is 0.452 e. The van der Waals surface area contributed by atoms with E-state index in [1.165, 1.54) is 7.11 Å². The lowest BCUT2D eigenvalue weighted by Gasteiger charge is -1.90. The predicted molar refractivity (Wildman–Crippen MR) is 27.0 cm³/mol. The van der Waals surface area contributed by atoms with Gasteiger partial charge in [0.05, 0.1) is 7.11 Å². The molecule has 7 heavy (non-hydrogen) atoms. The van der Waals surface area contributed by atoms with Crippen LogP contribution in [0.25, 0.3) is 0 Å². The van der Waals surface area contributed by atoms with Gasteiger partial charge < -0.3 is 4.74 Å². The number of hydrogen-bond donors (Lipinski definition) is 2. The number of carbonyl (C=O) groups excluding carboxylic acids is 1. The van der Waals surface area contributed by atoms with E-state index in [4.69, 9.17) is 0 Å². The van der Waals surface area contributed by atoms with Gasteiger partial charge in [-0.25, -0.2) is 10.6 Å². The van der Waals surface area contributed by atoms with E-state index in [-0.39, 0.29) is 12.4 Å². The molecule has 0 saturated heterocycles. The van der Waals surface area contributed by atoms with Crippen LogP contribution in [0, 0.1) is 0 Å². The first-order valence-corrected chi connectivity index (χ1v) is 1.36. The van der Waals surface area contributed by atoms with Crippen molar-refractivity contribution in [1.82, 2.24) is 5.43 Å². The predicted octanol–water partition coefficient (Wildman–Crippen LogP) is -0.362. The van der Waals surface area contributed by atoms with Crippen LogP contribution in [0.2, 0.25) is 0 Å². The fourth-order valence-electron chi connectivity index (χ4n) is 0.0589. The monoisotopic (exact) mass is 126 g/mol. The van der Waals surface area contributed by atoms with Gasteiger partial charge in [0.2, 0.25) is 0 Å². The number of methoxy groups -OCH3 is 1. The van der Waals surface area contributed by atoms with Crippen molar-refractivity contribution < 1.29 is 9.53 Å². The molecule has 0 aliphatic heterocycles. The molecule has 0 atom stereocenters. The zero-order chi connectivity index (χ0) is 4.99. The molecule has 1 amide bonds. The van der Waals surface area contributed by atoms with Crippen molar-refractivity contribution >= 4 is 18.5 Å². The van der Waals surface area contributed by atoms with Crippen LogP contribution in [0.15, 0.2) is 0 Å². The Morgan fingerprint density at radius 1 is 1.86 bits per heavy atom. The van der Waals surface area contributed by atoms with E-state index in [1.807, 2.05) is 0 Å². The van der Waals surface area contributed by atoms with Crippen LogP contribution in [0.5, 0.6) is 0 Å². The van der Waals surface area contributed by atoms with E-state index in [2.05, 4.69) is 10.6 Å². The van der Waals surface area contributed by atoms with Crippen LogP contribution in [0.1, 0.15) is 0 Å². The smallest absolute Gasteiger partial charge is 0.421 e. The highest BCUT2D eigenvalue weighted by Crippen LogP contribution is 1.60. The second-order valence-electron chi connectivity index (χ2n) is 0.636. The third kappa shape index (κ3) is 5.52. The Balaban J connectivity index is 0. The molecule has 0 bridgehead atoms. The summed E-state index contributed by atoms with van der Waals surface area (Å²) in [7, 11) is 1.24. The Morgan fingerprint density at radius 2 is 2.29 bits per heavy atom. The highest BCUT2D eigenvalue weighted by Gasteiger charge is 1.85. The normalized spacial score (nSPS) is 6.00. The summed E-state index contributed by atoms with van der Waals surface area (Å²) in [6.07, 6.45) is -0.630. The van der Waals surface area contributed by atoms with Gasteiger partial charge in [-0.3, -0.25) is 5.43 Å². The molecule has 0 rings (SSSR count). The Kier molecular flexibility index (Phi) is 7.67. The third-order valence-corrected chi connectivity index (χ3v) is 0.303. The number of halogens is 1. The summed E-state index contributed by atoms with van der Waals surface area (Å²) in [6.45, 7) is 0. The van der Waals surface area contributed by atoms with Crippen molar-refractivity contribution in [3.63, 3.8) is 0 Å². The van der Waals surface area contributed by atoms with Gasteiger partial charge in [-0.1, -0.05) is 0 Å². The lowest BCUT2D eigenvalue weighted by molar-refractivity contribution is 0.171. The summed E-state index contributed by atoms with van der Waals surface area (Å²) in [5.74, 6) is 4.56. The van der Waals surface area contributed by atoms with Crippen molar-refractivity contribution in [3.05, 3.63) is 0 Å². The third-order valence-electron chi connectivity index (χ3n) is 0.303. The van der Waals surface area contributed by atoms with E-state index in [1.54, 1.807) is 5.43 Å². The van der Waals surface area contributed by atoms with E-state index in [0.29, 0.717) is 0 Å². The molecule has 0 aliphatic rings. The van der Waals surface area contributed by atoms with Crippen molar-refractivity contribution in [1.29, 1.82) is 0 Å². The molecule has 0 aliphatic carbocycles. The van der Waals surface area contributed by atoms with Crippen LogP contribution in [-0.2, 0) is 4.74 Å². The molecule has 3 N–H and O–H groups in total. The lowest BCUT2D eigenvalue weighted by atomic mass is 11.2. The molecular weight excluding hydrogens is 119 g/mol. The minimum absolute atomic E-state index is 0. The fourth-order valence-corrected chi connectivity index (χ4v) is 0.0589. The van der Waals surface area contributed by atoms with Crippen LogP contribution >= 0.6 is 12.4 Å². The van der Waals surface area contributed by atoms with E-state index in [9.17, 15) is 4.79 Å². The molecule has 0 unspecified atom stereocenters. The fraction of sp³-hybridized carbons (Fsp3) is 0.500. The zero-order valence-corrected chi connectivity index (χ0v) is 4.62. The van der Waals surface area contributed by atoms with Crippen LogP contribution in [0.4, 0.5) is 4.79 Å². The van der Waals surface area contributed by atoms with Gasteiger partial charge >= 0.3 is 6.09 Å². The maximum Gasteiger partial charge on any atom is 0.421 e. The van der Waals surface area contributed by atoms with Crippen molar-refractivity contribution in [2.45, 2.75) is 0 Å². The molecule has 0 saturated carbocycles. The quantitative estimate of drug-likeness (QED) is 0.265. The van der Waals surface area contributed by atoms with Crippen LogP contribution < -0.4 is 11.3 Å². The number of hydrazine groups is 1. The SMILES string of the molecule is COC(=O)NN.Cl. The highest BCUT2D eigenvalue weighted by molar-refractivity contribution is 5.85. The lowest BCUT2D eigenvalue weighted by Crippen LogP contribution is -2.29. The summed E-state index contributed by atoms with van der Waals surface area (Å²) < 4.78 is 4.02. The second kappa shape index (κ2) is 5.52. The van der Waals surface area contributed by atoms with Crippen molar-refractivity contribution in [2.75, 3.05) is 7.11 Å². The highest BCUT2D eigenvalue weighted by atomic mass is 35.5. The van der Waals surface area contributed by atoms with Crippen molar-refractivity contribution in [3.8, 4) is 0 Å². The summed E-state index contributed by atoms with van der Waals surface area (Å²) in [5, 5.41) is 0. The molecule has 0 fully saturated rings. The second-order valence-corrected chi connectivity index (χ2v) is 0.636. The van der Waals surface area contributed by atoms with Crippen LogP contribution in [0.3, 0.4) is 0 Å². The topological polar surface area (TPSA) is 64.3 Å². The Labute approximate surface area is 47.4 Å². The van der Waals surface area contributed by atoms with Gasteiger partial charge in [-0.15, -0.1) is 12.4 Å². The van der Waals surface area contributed by atoms with Gasteiger partial charge in [0.15, 0.2) is 0 Å². The average molecular weight is 127 g/mol. The van der Waals surface area contributed by atoms with Gasteiger partial charge in [0.25, 0.3) is 0 Å². The van der Waals surface area contributed by atoms with Gasteiger partial charge in [0.1, 0.15) is 0 Å². The summed E-state index contributed by atoms with van der Waals surface area (Å²) in [4.78, 5) is 9.72. The molecule has 0 aromatic carbocycles. The minimum Gasteiger partial charge on any atom is -0.452 e. The Hall–Kier alpha value is -0.480. The standard InChI is InChI=1S/C2H6N2O2.ClH/c1-6-2(5)4-3;/h3H2,1H3,(H,4,5);1H. The molecule has 0 radical (unpaired) electrons. The van der Waals surface area contributed by atoms with Gasteiger partial charge in [0, 0.05) is 0 Å². The summed E-state index contributed by atoms with van der Waals surface area (Å²) in [6, 6.07) is 0. The summed E-state index contributed by atoms with van der Waals surface area (Å²) in [5.41, 5.74) is 1.75. The molecule has 0 aromatic heterocycles. The first-order chi connectivity index (χ1) is 2.81. The molecule has 0 heterocycles. The molecule has 44 valence electrons. The number of carbonyl (C=O) groups is 1. The van der Waals surface area contributed by atoms with Crippen molar-refractivity contribution in [2.24, 2.45) is 5.84 Å². The number of nitrogens with one attached hydrogen (secondary N) is 1. The van der Waals surface area contributed by atoms with E-state index in [0.717, 1.165) is 0 Å². The summed E-state index contributed by atoms with van der Waals surface area (Å²) >= 11 is 0. The first kappa shape index (κ1) is 9.72. The average Bonchev–Trinajstić information content (AvgIpc) is 1.65. The Bertz CT molecular complexity index is 51.7. The molecule has 4 nitrogen and oxygen atoms in total. The van der Waals surface area contributed by atoms with E-state index >= 15 is 0 Å². The zero-order valence-electron chi connectivity index (χ0n) is 3.80. The van der Waals surface area contributed by atoms with E-state index < -0.39 is 6.09 Å². The van der Waals surface area contributed by atoms with Crippen LogP contribution in [-0.4, -0.2) is 13.2 Å².